The number of nitrogens with two attached hydrogens (primary N) is 1. The van der Waals surface area contributed by atoms with Crippen LogP contribution in [0.25, 0.3) is 0 Å². The van der Waals surface area contributed by atoms with E-state index in [0.717, 1.165) is 38.7 Å². The Kier molecular flexibility index (Phi) is 33.4. The number of nitrogen functional groups attached to an aromatic ring is 1. The molecule has 0 aliphatic carbocycles. The van der Waals surface area contributed by atoms with Gasteiger partial charge in [-0.3, -0.25) is 47.2 Å². The first kappa shape index (κ1) is 92.8. The standard InChI is InChI=1S/C65H87N10O30P3S4/c1-6-73-47-24-22-40(111(96,97)98)31-42(47)64(2,3)51(73)18-10-7-11-19-52-65(4,5)43-32-41(112(99,100)101)23-25-48(43)74(52)29-15-9-13-21-55(79)70-46(60(84)68-27-14-8-12-20-54(78)69-44(33-57(80)81)61(85)71-45(62(86)87)34-58(82)83)38-110-109-30-26-53(77)67-28-16-17-39-36-75(63(88)72-59(39)66)56-35-49(76)50(103-56)37-102-107(92,93)105-108(94,95)104-106(89,90)91/h7,10-11,18-19,22-25,31-32,36,44-46,49-50,56,76H,6,8-9,12-15,20-21,26-30,33-35,37-38H2,1-5H3,(H15-,66,67,68,69,70,71,72,77,78,79,80,81,82,83,84,85,86,87,88,89,90,91,92,93,94,95,96,97,98,99,100,101)/t44?,45?,46?,49?,50-,56-/m1/s1. The third-order valence-corrected chi connectivity index (χ3v) is 25.2. The van der Waals surface area contributed by atoms with Gasteiger partial charge in [-0.1, -0.05) is 71.9 Å². The van der Waals surface area contributed by atoms with E-state index in [1.54, 1.807) is 18.2 Å². The molecular formula is C65H87N10O30P3S4. The van der Waals surface area contributed by atoms with Gasteiger partial charge in [-0.2, -0.15) is 26.6 Å². The molecule has 0 radical (unpaired) electrons. The van der Waals surface area contributed by atoms with Crippen LogP contribution in [0.3, 0.4) is 0 Å². The van der Waals surface area contributed by atoms with Crippen molar-refractivity contribution in [1.82, 2.24) is 36.1 Å². The number of hydrogen-bond donors (Lipinski definition) is 15. The van der Waals surface area contributed by atoms with Crippen molar-refractivity contribution in [2.45, 2.75) is 169 Å². The lowest BCUT2D eigenvalue weighted by molar-refractivity contribution is -0.438. The highest BCUT2D eigenvalue weighted by Gasteiger charge is 2.47. The predicted octanol–water partition coefficient (Wildman–Crippen LogP) is 2.82. The number of ether oxygens (including phenoxy) is 1. The largest absolute Gasteiger partial charge is 0.744 e. The summed E-state index contributed by atoms with van der Waals surface area (Å²) in [6.45, 7) is 9.31. The summed E-state index contributed by atoms with van der Waals surface area (Å²) in [5.41, 5.74) is 7.77. The minimum absolute atomic E-state index is 0.000553. The van der Waals surface area contributed by atoms with Gasteiger partial charge in [-0.15, -0.1) is 0 Å². The predicted molar refractivity (Wildman–Crippen MR) is 400 cm³/mol. The first-order valence-electron chi connectivity index (χ1n) is 34.2. The Balaban J connectivity index is 1.06. The zero-order valence-corrected chi connectivity index (χ0v) is 66.7. The number of benzene rings is 2. The number of aliphatic hydroxyl groups excluding tert-OH is 1. The van der Waals surface area contributed by atoms with Gasteiger partial charge in [0.15, 0.2) is 5.71 Å². The number of carbonyl (C=O) groups is 8. The van der Waals surface area contributed by atoms with E-state index in [1.807, 2.05) is 73.7 Å². The summed E-state index contributed by atoms with van der Waals surface area (Å²) < 4.78 is 126. The van der Waals surface area contributed by atoms with Crippen molar-refractivity contribution in [3.8, 4) is 11.8 Å². The number of nitrogens with zero attached hydrogens (tertiary/aromatic N) is 4. The van der Waals surface area contributed by atoms with Gasteiger partial charge in [-0.25, -0.2) is 31.7 Å². The molecule has 40 nitrogen and oxygen atoms in total. The Hall–Kier alpha value is -8.02. The second-order valence-electron chi connectivity index (χ2n) is 26.3. The Morgan fingerprint density at radius 2 is 1.41 bits per heavy atom. The Morgan fingerprint density at radius 3 is 2.04 bits per heavy atom. The van der Waals surface area contributed by atoms with E-state index >= 15 is 0 Å². The number of phosphoric acid groups is 3. The van der Waals surface area contributed by atoms with Gasteiger partial charge in [0.2, 0.25) is 35.2 Å². The lowest BCUT2D eigenvalue weighted by Gasteiger charge is -2.25. The van der Waals surface area contributed by atoms with Crippen molar-refractivity contribution in [3.05, 3.63) is 106 Å². The number of aliphatic hydroxyl groups is 1. The number of carboxylic acids is 3. The molecule has 2 aromatic carbocycles. The molecule has 3 aliphatic heterocycles. The summed E-state index contributed by atoms with van der Waals surface area (Å²) in [6.07, 6.45) is 5.44. The first-order chi connectivity index (χ1) is 52.1. The second kappa shape index (κ2) is 40.3. The average molecular weight is 1710 g/mol. The molecule has 4 heterocycles. The van der Waals surface area contributed by atoms with Gasteiger partial charge in [0.25, 0.3) is 10.1 Å². The molecule has 47 heteroatoms. The van der Waals surface area contributed by atoms with Crippen molar-refractivity contribution in [3.63, 3.8) is 0 Å². The topological polar surface area (TPSA) is 625 Å². The molecule has 3 aliphatic rings. The number of amides is 5. The summed E-state index contributed by atoms with van der Waals surface area (Å²) in [7, 11) is -24.1. The Bertz CT molecular complexity index is 4710. The SMILES string of the molecule is CCN1\C(=C/C=C/C=C/C2=[N+](CCCCCC(=O)NC(CSSCCC(=O)NCC#Cc3cn([C@H]4CC(O)[C@@H](COP(=O)(O)OP(=O)(O)OP(=O)(O)O)O4)c(=O)nc3N)C(=O)NCCCCCC(=O)NC(CC(=O)O)C(=O)NC(CC(=O)O)C(=O)O)c3ccc(S(=O)(=O)O)cc3C2(C)C)C(C)(C)c2cc(S(=O)(=O)[O-])ccc21. The fourth-order valence-corrected chi connectivity index (χ4v) is 18.1. The summed E-state index contributed by atoms with van der Waals surface area (Å²) in [5, 5.41) is 50.5. The summed E-state index contributed by atoms with van der Waals surface area (Å²) in [5.74, 6) is -3.22. The number of rotatable bonds is 43. The van der Waals surface area contributed by atoms with E-state index in [0.29, 0.717) is 55.6 Å². The molecule has 1 saturated heterocycles. The number of hydrogen-bond acceptors (Lipinski definition) is 27. The molecule has 5 amide bonds. The fraction of sp³-hybridized carbons (Fsp3) is 0.492. The number of aromatic nitrogens is 2. The van der Waals surface area contributed by atoms with Crippen molar-refractivity contribution < 1.29 is 140 Å². The van der Waals surface area contributed by atoms with Crippen LogP contribution >= 0.6 is 45.1 Å². The van der Waals surface area contributed by atoms with Crippen LogP contribution in [0.2, 0.25) is 0 Å². The van der Waals surface area contributed by atoms with Crippen LogP contribution in [0.5, 0.6) is 0 Å². The monoisotopic (exact) mass is 1710 g/mol. The number of unbranched alkanes of at least 4 members (excludes halogenated alkanes) is 4. The normalized spacial score (nSPS) is 18.8. The molecule has 1 fully saturated rings. The number of anilines is 2. The number of phosphoric ester groups is 1. The molecule has 1 aromatic heterocycles. The maximum atomic E-state index is 13.8. The zero-order chi connectivity index (χ0) is 83.5. The number of allylic oxidation sites excluding steroid dienone is 6. The molecule has 3 aromatic rings. The van der Waals surface area contributed by atoms with Crippen LogP contribution in [-0.4, -0.2) is 208 Å². The van der Waals surface area contributed by atoms with Gasteiger partial charge in [0.05, 0.1) is 52.9 Å². The fourth-order valence-electron chi connectivity index (χ4n) is 11.9. The van der Waals surface area contributed by atoms with E-state index in [9.17, 15) is 108 Å². The number of carbonyl (C=O) groups excluding carboxylic acids is 5. The van der Waals surface area contributed by atoms with Gasteiger partial charge in [0.1, 0.15) is 52.9 Å². The van der Waals surface area contributed by atoms with E-state index in [1.165, 1.54) is 35.1 Å². The van der Waals surface area contributed by atoms with Crippen molar-refractivity contribution in [2.75, 3.05) is 54.9 Å². The highest BCUT2D eigenvalue weighted by Crippen LogP contribution is 2.66. The number of fused-ring (bicyclic) bond motifs is 2. The maximum Gasteiger partial charge on any atom is 0.490 e. The van der Waals surface area contributed by atoms with E-state index in [2.05, 4.69) is 51.2 Å². The van der Waals surface area contributed by atoms with E-state index in [-0.39, 0.29) is 84.3 Å². The second-order valence-corrected chi connectivity index (χ2v) is 36.2. The molecule has 6 rings (SSSR count). The van der Waals surface area contributed by atoms with Crippen LogP contribution < -0.4 is 42.9 Å². The smallest absolute Gasteiger partial charge is 0.490 e. The Labute approximate surface area is 650 Å². The molecule has 16 N–H and O–H groups in total. The van der Waals surface area contributed by atoms with Crippen LogP contribution in [-0.2, 0) is 101 Å². The lowest BCUT2D eigenvalue weighted by Crippen LogP contribution is -2.52. The minimum atomic E-state index is -5.85. The van der Waals surface area contributed by atoms with Crippen molar-refractivity contribution >= 4 is 136 Å². The van der Waals surface area contributed by atoms with Crippen LogP contribution in [0.4, 0.5) is 17.2 Å². The van der Waals surface area contributed by atoms with Crippen LogP contribution in [0, 0.1) is 11.8 Å². The van der Waals surface area contributed by atoms with E-state index in [4.69, 9.17) is 25.4 Å². The number of likely N-dealkylation sites (N-methyl/N-ethyl adjacent to an activating group) is 1. The number of aliphatic carboxylic acids is 3. The summed E-state index contributed by atoms with van der Waals surface area (Å²) in [4.78, 5) is 155. The third-order valence-electron chi connectivity index (χ3n) is 17.3. The number of nitrogens with one attached hydrogen (secondary N) is 5. The van der Waals surface area contributed by atoms with Crippen molar-refractivity contribution in [2.24, 2.45) is 0 Å². The molecule has 8 atom stereocenters. The van der Waals surface area contributed by atoms with Crippen LogP contribution in [0.1, 0.15) is 135 Å². The molecule has 6 unspecified atom stereocenters. The van der Waals surface area contributed by atoms with Crippen molar-refractivity contribution in [1.29, 1.82) is 0 Å². The number of carboxylic acid groups (broad SMARTS) is 3. The van der Waals surface area contributed by atoms with E-state index < -0.39 is 164 Å². The minimum Gasteiger partial charge on any atom is -0.744 e. The average Bonchev–Trinajstić information content (AvgIpc) is 1.59. The quantitative estimate of drug-likeness (QED) is 0.00736. The summed E-state index contributed by atoms with van der Waals surface area (Å²) in [6, 6.07) is 3.86. The maximum absolute atomic E-state index is 13.8. The highest BCUT2D eigenvalue weighted by atomic mass is 33.1. The van der Waals surface area contributed by atoms with Gasteiger partial charge in [-0.05, 0) is 88.4 Å². The third kappa shape index (κ3) is 27.6. The Morgan fingerprint density at radius 1 is 0.777 bits per heavy atom. The zero-order valence-electron chi connectivity index (χ0n) is 60.8. The van der Waals surface area contributed by atoms with Crippen LogP contribution in [0.15, 0.2) is 93.3 Å². The molecule has 0 saturated carbocycles. The summed E-state index contributed by atoms with van der Waals surface area (Å²) >= 11 is 0. The van der Waals surface area contributed by atoms with Gasteiger partial charge < -0.3 is 86.5 Å². The first-order valence-corrected chi connectivity index (χ1v) is 44.0. The molecule has 0 bridgehead atoms. The highest BCUT2D eigenvalue weighted by molar-refractivity contribution is 8.76. The molecular weight excluding hydrogens is 1620 g/mol. The molecule has 112 heavy (non-hydrogen) atoms. The molecule has 616 valence electrons. The van der Waals surface area contributed by atoms with Gasteiger partial charge >= 0.3 is 47.1 Å². The lowest BCUT2D eigenvalue weighted by atomic mass is 9.81. The van der Waals surface area contributed by atoms with Gasteiger partial charge in [0, 0.05) is 97.4 Å². The molecule has 0 spiro atoms.